The van der Waals surface area contributed by atoms with E-state index in [1.165, 1.54) is 0 Å². The average Bonchev–Trinajstić information content (AvgIpc) is 2.43. The van der Waals surface area contributed by atoms with Crippen LogP contribution in [0.4, 0.5) is 0 Å². The van der Waals surface area contributed by atoms with Gasteiger partial charge in [-0.25, -0.2) is 0 Å². The minimum atomic E-state index is -0.369. The van der Waals surface area contributed by atoms with Gasteiger partial charge >= 0.3 is 0 Å². The zero-order valence-electron chi connectivity index (χ0n) is 11.1. The van der Waals surface area contributed by atoms with Crippen LogP contribution in [0.5, 0.6) is 5.75 Å². The summed E-state index contributed by atoms with van der Waals surface area (Å²) in [7, 11) is 1.68. The van der Waals surface area contributed by atoms with E-state index in [1.54, 1.807) is 7.11 Å². The van der Waals surface area contributed by atoms with E-state index in [0.717, 1.165) is 44.2 Å². The Morgan fingerprint density at radius 3 is 2.58 bits per heavy atom. The second-order valence-electron chi connectivity index (χ2n) is 6.01. The van der Waals surface area contributed by atoms with Crippen LogP contribution >= 0.6 is 0 Å². The van der Waals surface area contributed by atoms with Gasteiger partial charge in [-0.15, -0.1) is 0 Å². The number of methoxy groups -OCH3 is 1. The first kappa shape index (κ1) is 11.4. The number of Topliss-reactive ketones (excluding diaryl/α,β-unsaturated/α-hetero) is 1. The number of carbonyl (C=O) groups excluding carboxylic acids is 1. The molecule has 4 fully saturated rings. The number of piperidine rings is 2. The van der Waals surface area contributed by atoms with Crippen LogP contribution in [0.3, 0.4) is 0 Å². The van der Waals surface area contributed by atoms with Crippen molar-refractivity contribution in [3.63, 3.8) is 0 Å². The highest BCUT2D eigenvalue weighted by molar-refractivity contribution is 5.95. The molecule has 0 spiro atoms. The maximum atomic E-state index is 12.9. The normalized spacial score (nSPS) is 39.6. The highest BCUT2D eigenvalue weighted by Crippen LogP contribution is 2.44. The minimum absolute atomic E-state index is 0.182. The van der Waals surface area contributed by atoms with Crippen molar-refractivity contribution in [3.8, 4) is 5.75 Å². The van der Waals surface area contributed by atoms with Gasteiger partial charge in [-0.05, 0) is 6.07 Å². The second-order valence-corrected chi connectivity index (χ2v) is 6.01. The number of hydrogen-bond acceptors (Lipinski definition) is 4. The van der Waals surface area contributed by atoms with E-state index in [-0.39, 0.29) is 11.3 Å². The predicted octanol–water partition coefficient (Wildman–Crippen LogP) is 0.721. The molecule has 0 radical (unpaired) electrons. The Morgan fingerprint density at radius 2 is 1.89 bits per heavy atom. The molecule has 4 bridgehead atoms. The highest BCUT2D eigenvalue weighted by Gasteiger charge is 2.57. The molecule has 0 amide bonds. The molecule has 2 atom stereocenters. The van der Waals surface area contributed by atoms with Crippen molar-refractivity contribution < 1.29 is 9.53 Å². The van der Waals surface area contributed by atoms with Crippen molar-refractivity contribution in [2.24, 2.45) is 5.92 Å². The van der Waals surface area contributed by atoms with Crippen LogP contribution in [-0.4, -0.2) is 55.5 Å². The zero-order valence-corrected chi connectivity index (χ0v) is 11.1. The molecule has 4 heteroatoms. The number of hydrogen-bond donors (Lipinski definition) is 0. The fourth-order valence-corrected chi connectivity index (χ4v) is 4.18. The third-order valence-corrected chi connectivity index (χ3v) is 4.81. The smallest absolute Gasteiger partial charge is 0.151 e. The molecule has 1 aromatic carbocycles. The van der Waals surface area contributed by atoms with E-state index < -0.39 is 0 Å². The molecule has 4 aliphatic rings. The number of ketones is 1. The second kappa shape index (κ2) is 3.81. The summed E-state index contributed by atoms with van der Waals surface area (Å²) in [5.74, 6) is 1.45. The Balaban J connectivity index is 1.86. The molecular weight excluding hydrogens is 240 g/mol. The lowest BCUT2D eigenvalue weighted by Gasteiger charge is -2.58. The Bertz CT molecular complexity index is 529. The maximum absolute atomic E-state index is 12.9. The molecule has 4 nitrogen and oxygen atoms in total. The maximum Gasteiger partial charge on any atom is 0.151 e. The Morgan fingerprint density at radius 1 is 1.21 bits per heavy atom. The Hall–Kier alpha value is -1.39. The quantitative estimate of drug-likeness (QED) is 0.782. The average molecular weight is 258 g/mol. The van der Waals surface area contributed by atoms with Gasteiger partial charge in [-0.2, -0.15) is 0 Å². The van der Waals surface area contributed by atoms with E-state index in [2.05, 4.69) is 15.9 Å². The zero-order chi connectivity index (χ0) is 13.0. The van der Waals surface area contributed by atoms with E-state index in [0.29, 0.717) is 5.78 Å². The summed E-state index contributed by atoms with van der Waals surface area (Å²) in [6.45, 7) is 4.58. The van der Waals surface area contributed by atoms with Gasteiger partial charge in [-0.1, -0.05) is 18.2 Å². The lowest BCUT2D eigenvalue weighted by atomic mass is 9.65. The van der Waals surface area contributed by atoms with Gasteiger partial charge in [0, 0.05) is 37.7 Å². The number of benzene rings is 1. The van der Waals surface area contributed by atoms with E-state index >= 15 is 0 Å². The summed E-state index contributed by atoms with van der Waals surface area (Å²) in [6, 6.07) is 8.00. The molecule has 0 N–H and O–H groups in total. The number of para-hydroxylation sites is 1. The van der Waals surface area contributed by atoms with Gasteiger partial charge in [0.1, 0.15) is 5.75 Å². The number of carbonyl (C=O) groups is 1. The van der Waals surface area contributed by atoms with Crippen LogP contribution in [0.15, 0.2) is 24.3 Å². The standard InChI is InChI=1S/C15H18N2O2/c1-19-13-5-3-2-4-12(13)15-8-16-6-11(14(15)18)7-17(9-15)10-16/h2-5,11H,6-10H2,1H3. The fraction of sp³-hybridized carbons (Fsp3) is 0.533. The van der Waals surface area contributed by atoms with Gasteiger partial charge in [-0.3, -0.25) is 14.6 Å². The minimum Gasteiger partial charge on any atom is -0.496 e. The molecule has 19 heavy (non-hydrogen) atoms. The summed E-state index contributed by atoms with van der Waals surface area (Å²) in [4.78, 5) is 17.7. The summed E-state index contributed by atoms with van der Waals surface area (Å²) in [6.07, 6.45) is 0. The first-order chi connectivity index (χ1) is 9.23. The summed E-state index contributed by atoms with van der Waals surface area (Å²) in [5, 5.41) is 0. The topological polar surface area (TPSA) is 32.8 Å². The van der Waals surface area contributed by atoms with Crippen LogP contribution < -0.4 is 4.74 Å². The molecule has 4 saturated heterocycles. The van der Waals surface area contributed by atoms with Gasteiger partial charge in [0.15, 0.2) is 5.78 Å². The van der Waals surface area contributed by atoms with Crippen LogP contribution in [0.2, 0.25) is 0 Å². The summed E-state index contributed by atoms with van der Waals surface area (Å²) < 4.78 is 5.49. The lowest BCUT2D eigenvalue weighted by Crippen LogP contribution is -2.73. The largest absolute Gasteiger partial charge is 0.496 e. The van der Waals surface area contributed by atoms with E-state index in [9.17, 15) is 4.79 Å². The lowest BCUT2D eigenvalue weighted by molar-refractivity contribution is -0.154. The monoisotopic (exact) mass is 258 g/mol. The van der Waals surface area contributed by atoms with Crippen molar-refractivity contribution in [3.05, 3.63) is 29.8 Å². The van der Waals surface area contributed by atoms with Crippen molar-refractivity contribution in [2.45, 2.75) is 5.41 Å². The van der Waals surface area contributed by atoms with Crippen LogP contribution in [0.25, 0.3) is 0 Å². The van der Waals surface area contributed by atoms with Crippen molar-refractivity contribution >= 4 is 5.78 Å². The molecule has 5 rings (SSSR count). The number of rotatable bonds is 2. The molecule has 0 saturated carbocycles. The molecule has 1 aromatic rings. The first-order valence-corrected chi connectivity index (χ1v) is 6.85. The van der Waals surface area contributed by atoms with Gasteiger partial charge in [0.05, 0.1) is 19.2 Å². The highest BCUT2D eigenvalue weighted by atomic mass is 16.5. The Kier molecular flexibility index (Phi) is 2.29. The fourth-order valence-electron chi connectivity index (χ4n) is 4.18. The van der Waals surface area contributed by atoms with E-state index in [1.807, 2.05) is 18.2 Å². The molecule has 0 aliphatic carbocycles. The van der Waals surface area contributed by atoms with Gasteiger partial charge in [0.25, 0.3) is 0 Å². The van der Waals surface area contributed by atoms with Crippen molar-refractivity contribution in [2.75, 3.05) is 40.0 Å². The predicted molar refractivity (Wildman–Crippen MR) is 71.2 cm³/mol. The third-order valence-electron chi connectivity index (χ3n) is 4.81. The SMILES string of the molecule is COc1ccccc1C12CN3CC(CN(C3)C1)C2=O. The third kappa shape index (κ3) is 1.44. The summed E-state index contributed by atoms with van der Waals surface area (Å²) >= 11 is 0. The summed E-state index contributed by atoms with van der Waals surface area (Å²) in [5.41, 5.74) is 0.702. The molecular formula is C15H18N2O2. The van der Waals surface area contributed by atoms with Crippen LogP contribution in [0, 0.1) is 5.92 Å². The van der Waals surface area contributed by atoms with Gasteiger partial charge < -0.3 is 4.74 Å². The molecule has 4 aliphatic heterocycles. The first-order valence-electron chi connectivity index (χ1n) is 6.85. The Labute approximate surface area is 112 Å². The van der Waals surface area contributed by atoms with Crippen molar-refractivity contribution in [1.82, 2.24) is 9.80 Å². The van der Waals surface area contributed by atoms with Gasteiger partial charge in [0.2, 0.25) is 0 Å². The molecule has 0 aromatic heterocycles. The van der Waals surface area contributed by atoms with Crippen LogP contribution in [-0.2, 0) is 10.2 Å². The number of nitrogens with zero attached hydrogens (tertiary/aromatic N) is 2. The number of ether oxygens (including phenoxy) is 1. The van der Waals surface area contributed by atoms with Crippen LogP contribution in [0.1, 0.15) is 5.56 Å². The van der Waals surface area contributed by atoms with Crippen molar-refractivity contribution in [1.29, 1.82) is 0 Å². The molecule has 2 unspecified atom stereocenters. The van der Waals surface area contributed by atoms with E-state index in [4.69, 9.17) is 4.74 Å². The molecule has 100 valence electrons. The molecule has 4 heterocycles.